The maximum atomic E-state index is 10.9. The van der Waals surface area contributed by atoms with Gasteiger partial charge in [-0.1, -0.05) is 6.08 Å². The lowest BCUT2D eigenvalue weighted by atomic mass is 9.97. The van der Waals surface area contributed by atoms with Crippen LogP contribution in [-0.2, 0) is 4.79 Å². The summed E-state index contributed by atoms with van der Waals surface area (Å²) in [6.45, 7) is 0. The molecule has 2 N–H and O–H groups in total. The van der Waals surface area contributed by atoms with E-state index in [1.165, 1.54) is 18.2 Å². The van der Waals surface area contributed by atoms with Crippen LogP contribution < -0.4 is 5.73 Å². The zero-order valence-corrected chi connectivity index (χ0v) is 7.53. The summed E-state index contributed by atoms with van der Waals surface area (Å²) >= 11 is 3.99. The van der Waals surface area contributed by atoms with Crippen molar-refractivity contribution in [2.24, 2.45) is 5.73 Å². The molecule has 6 heteroatoms. The number of rotatable bonds is 2. The van der Waals surface area contributed by atoms with Crippen LogP contribution in [0.25, 0.3) is 0 Å². The van der Waals surface area contributed by atoms with Crippen LogP contribution in [-0.4, -0.2) is 15.6 Å². The zero-order valence-electron chi connectivity index (χ0n) is 6.64. The summed E-state index contributed by atoms with van der Waals surface area (Å²) in [5.41, 5.74) is 4.89. The molecule has 0 bridgehead atoms. The van der Waals surface area contributed by atoms with E-state index in [-0.39, 0.29) is 12.1 Å². The molecule has 70 valence electrons. The van der Waals surface area contributed by atoms with Gasteiger partial charge in [0.1, 0.15) is 4.75 Å². The number of amides is 1. The Balaban J connectivity index is 3.02. The summed E-state index contributed by atoms with van der Waals surface area (Å²) in [5, 5.41) is 10.4. The average Bonchev–Trinajstić information content (AvgIpc) is 2.04. The highest BCUT2D eigenvalue weighted by molar-refractivity contribution is 7.83. The molecule has 0 saturated heterocycles. The standard InChI is InChI=1S/C7H8N2O3S/c8-6(10)7(13)3-1-2-5(4-7)9(11)12/h1-2,4,13H,3H2,(H2,8,10). The molecule has 0 aromatic carbocycles. The summed E-state index contributed by atoms with van der Waals surface area (Å²) in [4.78, 5) is 20.7. The predicted molar refractivity (Wildman–Crippen MR) is 49.7 cm³/mol. The van der Waals surface area contributed by atoms with Crippen LogP contribution in [0.4, 0.5) is 0 Å². The van der Waals surface area contributed by atoms with Gasteiger partial charge in [0, 0.05) is 12.2 Å². The van der Waals surface area contributed by atoms with Gasteiger partial charge in [-0.15, -0.1) is 0 Å². The van der Waals surface area contributed by atoms with E-state index < -0.39 is 15.6 Å². The van der Waals surface area contributed by atoms with E-state index >= 15 is 0 Å². The van der Waals surface area contributed by atoms with Crippen molar-refractivity contribution in [2.45, 2.75) is 11.2 Å². The van der Waals surface area contributed by atoms with Gasteiger partial charge in [-0.3, -0.25) is 14.9 Å². The molecule has 0 saturated carbocycles. The lowest BCUT2D eigenvalue weighted by Crippen LogP contribution is -2.38. The third kappa shape index (κ3) is 1.89. The SMILES string of the molecule is NC(=O)C1(S)C=C([N+](=O)[O-])C=CC1. The molecule has 1 atom stereocenters. The van der Waals surface area contributed by atoms with Crippen molar-refractivity contribution in [3.63, 3.8) is 0 Å². The first-order chi connectivity index (χ1) is 5.96. The topological polar surface area (TPSA) is 86.2 Å². The van der Waals surface area contributed by atoms with Crippen LogP contribution in [0.5, 0.6) is 0 Å². The Morgan fingerprint density at radius 3 is 2.85 bits per heavy atom. The minimum absolute atomic E-state index is 0.153. The third-order valence-corrected chi connectivity index (χ3v) is 2.27. The molecule has 0 heterocycles. The van der Waals surface area contributed by atoms with Crippen LogP contribution >= 0.6 is 12.6 Å². The van der Waals surface area contributed by atoms with E-state index in [4.69, 9.17) is 5.73 Å². The number of primary amides is 1. The van der Waals surface area contributed by atoms with Crippen LogP contribution in [0.2, 0.25) is 0 Å². The summed E-state index contributed by atoms with van der Waals surface area (Å²) in [7, 11) is 0. The molecule has 0 fully saturated rings. The van der Waals surface area contributed by atoms with Crippen molar-refractivity contribution < 1.29 is 9.72 Å². The van der Waals surface area contributed by atoms with Gasteiger partial charge in [-0.05, 0) is 6.42 Å². The van der Waals surface area contributed by atoms with Crippen molar-refractivity contribution in [3.05, 3.63) is 34.0 Å². The molecule has 0 aromatic heterocycles. The quantitative estimate of drug-likeness (QED) is 0.381. The predicted octanol–water partition coefficient (Wildman–Crippen LogP) is 0.261. The number of nitro groups is 1. The van der Waals surface area contributed by atoms with Gasteiger partial charge in [0.15, 0.2) is 0 Å². The molecule has 1 rings (SSSR count). The molecule has 0 aliphatic heterocycles. The average molecular weight is 200 g/mol. The Labute approximate surface area is 79.9 Å². The number of allylic oxidation sites excluding steroid dienone is 2. The number of carbonyl (C=O) groups excluding carboxylic acids is 1. The highest BCUT2D eigenvalue weighted by atomic mass is 32.1. The van der Waals surface area contributed by atoms with Crippen molar-refractivity contribution >= 4 is 18.5 Å². The number of nitrogens with zero attached hydrogens (tertiary/aromatic N) is 1. The normalized spacial score (nSPS) is 26.7. The molecule has 5 nitrogen and oxygen atoms in total. The lowest BCUT2D eigenvalue weighted by Gasteiger charge is -2.20. The molecule has 0 spiro atoms. The second kappa shape index (κ2) is 3.21. The molecule has 1 aliphatic rings. The Kier molecular flexibility index (Phi) is 2.42. The number of carbonyl (C=O) groups is 1. The molecule has 0 radical (unpaired) electrons. The highest BCUT2D eigenvalue weighted by Crippen LogP contribution is 2.27. The fraction of sp³-hybridized carbons (Fsp3) is 0.286. The maximum Gasteiger partial charge on any atom is 0.267 e. The molecule has 0 aromatic rings. The van der Waals surface area contributed by atoms with E-state index in [2.05, 4.69) is 12.6 Å². The molecule has 1 unspecified atom stereocenters. The summed E-state index contributed by atoms with van der Waals surface area (Å²) in [5.74, 6) is -0.681. The minimum atomic E-state index is -1.23. The smallest absolute Gasteiger partial charge is 0.267 e. The van der Waals surface area contributed by atoms with E-state index in [9.17, 15) is 14.9 Å². The minimum Gasteiger partial charge on any atom is -0.368 e. The van der Waals surface area contributed by atoms with Crippen molar-refractivity contribution in [3.8, 4) is 0 Å². The van der Waals surface area contributed by atoms with Crippen molar-refractivity contribution in [2.75, 3.05) is 0 Å². The Bertz CT molecular complexity index is 324. The third-order valence-electron chi connectivity index (χ3n) is 1.74. The molecule has 13 heavy (non-hydrogen) atoms. The largest absolute Gasteiger partial charge is 0.368 e. The van der Waals surface area contributed by atoms with E-state index in [1.807, 2.05) is 0 Å². The van der Waals surface area contributed by atoms with E-state index in [1.54, 1.807) is 0 Å². The number of hydrogen-bond acceptors (Lipinski definition) is 4. The summed E-state index contributed by atoms with van der Waals surface area (Å²) in [6, 6.07) is 0. The number of hydrogen-bond donors (Lipinski definition) is 2. The van der Waals surface area contributed by atoms with Crippen LogP contribution in [0.3, 0.4) is 0 Å². The first-order valence-corrected chi connectivity index (χ1v) is 3.96. The van der Waals surface area contributed by atoms with E-state index in [0.29, 0.717) is 0 Å². The number of nitrogens with two attached hydrogens (primary N) is 1. The van der Waals surface area contributed by atoms with Crippen molar-refractivity contribution in [1.29, 1.82) is 0 Å². The van der Waals surface area contributed by atoms with E-state index in [0.717, 1.165) is 0 Å². The fourth-order valence-electron chi connectivity index (χ4n) is 0.996. The van der Waals surface area contributed by atoms with Crippen LogP contribution in [0.1, 0.15) is 6.42 Å². The Morgan fingerprint density at radius 2 is 2.38 bits per heavy atom. The summed E-state index contributed by atoms with van der Waals surface area (Å²) in [6.07, 6.45) is 4.29. The monoisotopic (exact) mass is 200 g/mol. The van der Waals surface area contributed by atoms with Gasteiger partial charge in [0.05, 0.1) is 4.92 Å². The maximum absolute atomic E-state index is 10.9. The van der Waals surface area contributed by atoms with Gasteiger partial charge >= 0.3 is 0 Å². The highest BCUT2D eigenvalue weighted by Gasteiger charge is 2.34. The molecule has 1 aliphatic carbocycles. The second-order valence-electron chi connectivity index (χ2n) is 2.72. The molecular formula is C7H8N2O3S. The Morgan fingerprint density at radius 1 is 1.77 bits per heavy atom. The molecular weight excluding hydrogens is 192 g/mol. The fourth-order valence-corrected chi connectivity index (χ4v) is 1.23. The van der Waals surface area contributed by atoms with Gasteiger partial charge in [-0.2, -0.15) is 12.6 Å². The zero-order chi connectivity index (χ0) is 10.1. The summed E-state index contributed by atoms with van der Waals surface area (Å²) < 4.78 is -1.23. The first kappa shape index (κ1) is 9.79. The van der Waals surface area contributed by atoms with Gasteiger partial charge in [0.25, 0.3) is 5.70 Å². The van der Waals surface area contributed by atoms with Crippen LogP contribution in [0.15, 0.2) is 23.9 Å². The van der Waals surface area contributed by atoms with Crippen LogP contribution in [0, 0.1) is 10.1 Å². The molecule has 1 amide bonds. The number of thiol groups is 1. The first-order valence-electron chi connectivity index (χ1n) is 3.52. The van der Waals surface area contributed by atoms with Gasteiger partial charge in [-0.25, -0.2) is 0 Å². The van der Waals surface area contributed by atoms with Gasteiger partial charge in [0.2, 0.25) is 5.91 Å². The van der Waals surface area contributed by atoms with Crippen molar-refractivity contribution in [1.82, 2.24) is 0 Å². The lowest BCUT2D eigenvalue weighted by molar-refractivity contribution is -0.419. The Hall–Kier alpha value is -1.30. The van der Waals surface area contributed by atoms with Gasteiger partial charge < -0.3 is 5.73 Å². The second-order valence-corrected chi connectivity index (χ2v) is 3.52.